The van der Waals surface area contributed by atoms with Crippen LogP contribution >= 0.6 is 0 Å². The number of benzene rings is 1. The van der Waals surface area contributed by atoms with E-state index in [-0.39, 0.29) is 17.7 Å². The predicted octanol–water partition coefficient (Wildman–Crippen LogP) is 1.88. The fraction of sp³-hybridized carbons (Fsp3) is 0.467. The first-order chi connectivity index (χ1) is 9.03. The molecule has 1 aromatic rings. The summed E-state index contributed by atoms with van der Waals surface area (Å²) in [5, 5.41) is 3.12. The molecule has 1 fully saturated rings. The molecule has 1 aromatic carbocycles. The third-order valence-electron chi connectivity index (χ3n) is 3.76. The molecule has 2 heterocycles. The van der Waals surface area contributed by atoms with Crippen molar-refractivity contribution >= 4 is 11.8 Å². The van der Waals surface area contributed by atoms with E-state index >= 15 is 0 Å². The van der Waals surface area contributed by atoms with Gasteiger partial charge in [0.15, 0.2) is 11.4 Å². The summed E-state index contributed by atoms with van der Waals surface area (Å²) < 4.78 is 5.50. The van der Waals surface area contributed by atoms with Gasteiger partial charge in [-0.3, -0.25) is 4.79 Å². The van der Waals surface area contributed by atoms with Crippen LogP contribution in [0.5, 0.6) is 0 Å². The van der Waals surface area contributed by atoms with Crippen LogP contribution in [-0.4, -0.2) is 24.8 Å². The number of hydrogen-bond donors (Lipinski definition) is 1. The lowest BCUT2D eigenvalue weighted by molar-refractivity contribution is -0.0369. The van der Waals surface area contributed by atoms with E-state index in [1.54, 1.807) is 6.07 Å². The van der Waals surface area contributed by atoms with Crippen LogP contribution in [0.4, 0.5) is 0 Å². The lowest BCUT2D eigenvalue weighted by Crippen LogP contribution is -2.56. The molecule has 0 aromatic heterocycles. The fourth-order valence-electron chi connectivity index (χ4n) is 2.76. The smallest absolute Gasteiger partial charge is 0.340 e. The van der Waals surface area contributed by atoms with E-state index < -0.39 is 5.60 Å². The van der Waals surface area contributed by atoms with Gasteiger partial charge in [-0.25, -0.2) is 4.79 Å². The van der Waals surface area contributed by atoms with Gasteiger partial charge in [0.1, 0.15) is 0 Å². The van der Waals surface area contributed by atoms with E-state index in [0.29, 0.717) is 30.6 Å². The summed E-state index contributed by atoms with van der Waals surface area (Å²) in [7, 11) is 0. The third kappa shape index (κ3) is 1.78. The second-order valence-electron chi connectivity index (χ2n) is 5.74. The van der Waals surface area contributed by atoms with Crippen LogP contribution in [0.2, 0.25) is 0 Å². The minimum atomic E-state index is -0.527. The number of hydrogen-bond acceptors (Lipinski definition) is 4. The molecule has 19 heavy (non-hydrogen) atoms. The van der Waals surface area contributed by atoms with Gasteiger partial charge in [0, 0.05) is 30.6 Å². The minimum Gasteiger partial charge on any atom is -0.448 e. The molecule has 0 aliphatic carbocycles. The minimum absolute atomic E-state index is 0.0214. The van der Waals surface area contributed by atoms with Gasteiger partial charge in [-0.15, -0.1) is 0 Å². The zero-order valence-corrected chi connectivity index (χ0v) is 11.2. The first-order valence-corrected chi connectivity index (χ1v) is 6.64. The van der Waals surface area contributed by atoms with Crippen molar-refractivity contribution in [3.63, 3.8) is 0 Å². The summed E-state index contributed by atoms with van der Waals surface area (Å²) in [6.45, 7) is 5.26. The number of Topliss-reactive ketones (excluding diaryl/α,β-unsaturated/α-hetero) is 1. The Morgan fingerprint density at radius 2 is 2.16 bits per heavy atom. The Morgan fingerprint density at radius 3 is 2.74 bits per heavy atom. The molecule has 1 spiro atoms. The highest BCUT2D eigenvalue weighted by molar-refractivity contribution is 6.09. The third-order valence-corrected chi connectivity index (χ3v) is 3.76. The molecule has 0 amide bonds. The number of fused-ring (bicyclic) bond motifs is 2. The van der Waals surface area contributed by atoms with Crippen molar-refractivity contribution in [3.05, 3.63) is 34.9 Å². The Balaban J connectivity index is 2.05. The normalized spacial score (nSPS) is 19.2. The highest BCUT2D eigenvalue weighted by atomic mass is 16.6. The van der Waals surface area contributed by atoms with Crippen molar-refractivity contribution in [1.29, 1.82) is 0 Å². The summed E-state index contributed by atoms with van der Waals surface area (Å²) in [5.41, 5.74) is 1.33. The average molecular weight is 259 g/mol. The summed E-state index contributed by atoms with van der Waals surface area (Å²) >= 11 is 0. The SMILES string of the molecule is CC(C)CC(=O)c1cccc2c1C(=O)OC21CNC1. The summed E-state index contributed by atoms with van der Waals surface area (Å²) in [6, 6.07) is 5.47. The lowest BCUT2D eigenvalue weighted by atomic mass is 9.84. The Kier molecular flexibility index (Phi) is 2.71. The Labute approximate surface area is 112 Å². The summed E-state index contributed by atoms with van der Waals surface area (Å²) in [5.74, 6) is -0.0579. The molecule has 2 aliphatic heterocycles. The van der Waals surface area contributed by atoms with Crippen LogP contribution in [0, 0.1) is 5.92 Å². The number of rotatable bonds is 3. The van der Waals surface area contributed by atoms with Crippen LogP contribution in [0.3, 0.4) is 0 Å². The van der Waals surface area contributed by atoms with Crippen molar-refractivity contribution < 1.29 is 14.3 Å². The number of carbonyl (C=O) groups is 2. The number of esters is 1. The second kappa shape index (κ2) is 4.17. The Bertz CT molecular complexity index is 559. The summed E-state index contributed by atoms with van der Waals surface area (Å²) in [4.78, 5) is 24.3. The van der Waals surface area contributed by atoms with E-state index in [4.69, 9.17) is 4.74 Å². The maximum Gasteiger partial charge on any atom is 0.340 e. The fourth-order valence-corrected chi connectivity index (χ4v) is 2.76. The van der Waals surface area contributed by atoms with Crippen molar-refractivity contribution in [2.24, 2.45) is 5.92 Å². The van der Waals surface area contributed by atoms with Crippen LogP contribution in [0.25, 0.3) is 0 Å². The van der Waals surface area contributed by atoms with Crippen LogP contribution < -0.4 is 5.32 Å². The van der Waals surface area contributed by atoms with Crippen LogP contribution in [-0.2, 0) is 10.3 Å². The molecule has 0 unspecified atom stereocenters. The predicted molar refractivity (Wildman–Crippen MR) is 70.2 cm³/mol. The number of nitrogens with one attached hydrogen (secondary N) is 1. The van der Waals surface area contributed by atoms with Crippen LogP contribution in [0.15, 0.2) is 18.2 Å². The average Bonchev–Trinajstić information content (AvgIpc) is 2.62. The lowest BCUT2D eigenvalue weighted by Gasteiger charge is -2.38. The number of ketones is 1. The number of carbonyl (C=O) groups excluding carboxylic acids is 2. The molecule has 0 radical (unpaired) electrons. The molecule has 4 nitrogen and oxygen atoms in total. The highest BCUT2D eigenvalue weighted by Gasteiger charge is 2.51. The van der Waals surface area contributed by atoms with E-state index in [2.05, 4.69) is 5.32 Å². The molecule has 0 saturated carbocycles. The molecular weight excluding hydrogens is 242 g/mol. The molecule has 4 heteroatoms. The van der Waals surface area contributed by atoms with Crippen LogP contribution in [0.1, 0.15) is 46.5 Å². The molecule has 0 bridgehead atoms. The molecule has 1 saturated heterocycles. The molecule has 100 valence electrons. The zero-order chi connectivity index (χ0) is 13.6. The van der Waals surface area contributed by atoms with Gasteiger partial charge in [-0.2, -0.15) is 0 Å². The zero-order valence-electron chi connectivity index (χ0n) is 11.2. The van der Waals surface area contributed by atoms with Crippen molar-refractivity contribution in [2.45, 2.75) is 25.9 Å². The summed E-state index contributed by atoms with van der Waals surface area (Å²) in [6.07, 6.45) is 0.453. The van der Waals surface area contributed by atoms with Crippen molar-refractivity contribution in [3.8, 4) is 0 Å². The van der Waals surface area contributed by atoms with Gasteiger partial charge < -0.3 is 10.1 Å². The maximum atomic E-state index is 12.3. The maximum absolute atomic E-state index is 12.3. The van der Waals surface area contributed by atoms with Gasteiger partial charge in [0.25, 0.3) is 0 Å². The Hall–Kier alpha value is -1.68. The standard InChI is InChI=1S/C15H17NO3/c1-9(2)6-12(17)10-4-3-5-11-13(10)14(18)19-15(11)7-16-8-15/h3-5,9,16H,6-8H2,1-2H3. The first-order valence-electron chi connectivity index (χ1n) is 6.64. The topological polar surface area (TPSA) is 55.4 Å². The second-order valence-corrected chi connectivity index (χ2v) is 5.74. The highest BCUT2D eigenvalue weighted by Crippen LogP contribution is 2.41. The molecule has 0 atom stereocenters. The molecule has 3 rings (SSSR count). The van der Waals surface area contributed by atoms with Crippen molar-refractivity contribution in [1.82, 2.24) is 5.32 Å². The van der Waals surface area contributed by atoms with Gasteiger partial charge in [0.2, 0.25) is 0 Å². The van der Waals surface area contributed by atoms with E-state index in [0.717, 1.165) is 5.56 Å². The Morgan fingerprint density at radius 1 is 1.42 bits per heavy atom. The van der Waals surface area contributed by atoms with Gasteiger partial charge in [-0.1, -0.05) is 32.0 Å². The van der Waals surface area contributed by atoms with E-state index in [1.165, 1.54) is 0 Å². The van der Waals surface area contributed by atoms with Crippen molar-refractivity contribution in [2.75, 3.05) is 13.1 Å². The monoisotopic (exact) mass is 259 g/mol. The van der Waals surface area contributed by atoms with E-state index in [1.807, 2.05) is 26.0 Å². The molecule has 1 N–H and O–H groups in total. The molecular formula is C15H17NO3. The largest absolute Gasteiger partial charge is 0.448 e. The van der Waals surface area contributed by atoms with Gasteiger partial charge in [0.05, 0.1) is 5.56 Å². The number of ether oxygens (including phenoxy) is 1. The van der Waals surface area contributed by atoms with Gasteiger partial charge >= 0.3 is 5.97 Å². The van der Waals surface area contributed by atoms with Gasteiger partial charge in [-0.05, 0) is 5.92 Å². The quantitative estimate of drug-likeness (QED) is 0.665. The van der Waals surface area contributed by atoms with E-state index in [9.17, 15) is 9.59 Å². The first kappa shape index (κ1) is 12.4. The molecule has 2 aliphatic rings.